The van der Waals surface area contributed by atoms with Gasteiger partial charge in [0.15, 0.2) is 5.75 Å². The Labute approximate surface area is 216 Å². The van der Waals surface area contributed by atoms with Gasteiger partial charge in [0, 0.05) is 18.7 Å². The molecule has 15 heteroatoms. The second-order valence-electron chi connectivity index (χ2n) is 8.05. The van der Waals surface area contributed by atoms with Gasteiger partial charge in [-0.3, -0.25) is 4.98 Å². The van der Waals surface area contributed by atoms with Crippen molar-refractivity contribution in [2.24, 2.45) is 0 Å². The summed E-state index contributed by atoms with van der Waals surface area (Å²) in [7, 11) is -5.28. The highest BCUT2D eigenvalue weighted by Gasteiger charge is 2.46. The Kier molecular flexibility index (Phi) is 8.58. The first-order valence-electron chi connectivity index (χ1n) is 10.4. The highest BCUT2D eigenvalue weighted by Crippen LogP contribution is 2.38. The van der Waals surface area contributed by atoms with Crippen molar-refractivity contribution in [2.75, 3.05) is 5.75 Å². The van der Waals surface area contributed by atoms with Crippen molar-refractivity contribution >= 4 is 21.6 Å². The van der Waals surface area contributed by atoms with Crippen LogP contribution in [0.2, 0.25) is 5.02 Å². The maximum Gasteiger partial charge on any atom is 0.461 e. The molecule has 1 N–H and O–H groups in total. The van der Waals surface area contributed by atoms with Gasteiger partial charge < -0.3 is 4.74 Å². The number of alkyl halides is 7. The SMILES string of the molecule is O=S(=O)(CC(F)(F)F)NC(Cc1ccccc1)(c1cc(F)cc(OC(F)(F)C(F)F)c1)c1ccc(Cl)cn1. The number of hydrogen-bond acceptors (Lipinski definition) is 4. The number of nitrogens with zero attached hydrogens (tertiary/aromatic N) is 1. The fraction of sp³-hybridized carbons (Fsp3) is 0.261. The maximum absolute atomic E-state index is 14.6. The third-order valence-corrected chi connectivity index (χ3v) is 6.62. The highest BCUT2D eigenvalue weighted by atomic mass is 35.5. The minimum Gasteiger partial charge on any atom is -0.428 e. The Bertz CT molecular complexity index is 1360. The Morgan fingerprint density at radius 3 is 2.18 bits per heavy atom. The highest BCUT2D eigenvalue weighted by molar-refractivity contribution is 7.89. The average Bonchev–Trinajstić information content (AvgIpc) is 2.77. The van der Waals surface area contributed by atoms with Crippen molar-refractivity contribution in [3.8, 4) is 5.75 Å². The van der Waals surface area contributed by atoms with Gasteiger partial charge in [-0.15, -0.1) is 0 Å². The van der Waals surface area contributed by atoms with Crippen LogP contribution in [0.4, 0.5) is 35.1 Å². The van der Waals surface area contributed by atoms with E-state index in [2.05, 4.69) is 9.72 Å². The summed E-state index contributed by atoms with van der Waals surface area (Å²) < 4.78 is 138. The summed E-state index contributed by atoms with van der Waals surface area (Å²) in [5, 5.41) is 0.0420. The van der Waals surface area contributed by atoms with Gasteiger partial charge in [-0.2, -0.15) is 35.5 Å². The molecule has 0 saturated carbocycles. The smallest absolute Gasteiger partial charge is 0.428 e. The fourth-order valence-corrected chi connectivity index (χ4v) is 5.05. The quantitative estimate of drug-likeness (QED) is 0.292. The molecule has 0 aliphatic carbocycles. The van der Waals surface area contributed by atoms with E-state index in [4.69, 9.17) is 11.6 Å². The minimum atomic E-state index is -5.28. The zero-order valence-electron chi connectivity index (χ0n) is 18.8. The van der Waals surface area contributed by atoms with Gasteiger partial charge in [0.05, 0.1) is 10.7 Å². The second-order valence-corrected chi connectivity index (χ2v) is 10.2. The van der Waals surface area contributed by atoms with Crippen molar-refractivity contribution in [3.63, 3.8) is 0 Å². The van der Waals surface area contributed by atoms with Gasteiger partial charge in [-0.25, -0.2) is 12.8 Å². The molecule has 38 heavy (non-hydrogen) atoms. The molecule has 206 valence electrons. The summed E-state index contributed by atoms with van der Waals surface area (Å²) in [5.41, 5.74) is -2.96. The largest absolute Gasteiger partial charge is 0.461 e. The lowest BCUT2D eigenvalue weighted by Gasteiger charge is -2.35. The predicted molar refractivity (Wildman–Crippen MR) is 121 cm³/mol. The summed E-state index contributed by atoms with van der Waals surface area (Å²) >= 11 is 5.86. The van der Waals surface area contributed by atoms with Gasteiger partial charge in [0.2, 0.25) is 10.0 Å². The normalized spacial score (nSPS) is 14.4. The molecule has 0 fully saturated rings. The summed E-state index contributed by atoms with van der Waals surface area (Å²) in [5.74, 6) is -4.84. The molecule has 0 radical (unpaired) electrons. The van der Waals surface area contributed by atoms with E-state index in [0.29, 0.717) is 23.8 Å². The first-order chi connectivity index (χ1) is 17.5. The molecule has 0 bridgehead atoms. The van der Waals surface area contributed by atoms with Crippen LogP contribution < -0.4 is 9.46 Å². The van der Waals surface area contributed by atoms with Crippen LogP contribution in [0.3, 0.4) is 0 Å². The molecule has 2 aromatic carbocycles. The monoisotopic (exact) mass is 588 g/mol. The van der Waals surface area contributed by atoms with E-state index in [1.54, 1.807) is 6.07 Å². The fourth-order valence-electron chi connectivity index (χ4n) is 3.60. The Balaban J connectivity index is 2.31. The molecular formula is C23H17ClF8N2O3S. The summed E-state index contributed by atoms with van der Waals surface area (Å²) in [4.78, 5) is 3.99. The Hall–Kier alpha value is -2.97. The molecule has 1 unspecified atom stereocenters. The van der Waals surface area contributed by atoms with Gasteiger partial charge in [0.1, 0.15) is 17.1 Å². The number of nitrogens with one attached hydrogen (secondary N) is 1. The molecule has 5 nitrogen and oxygen atoms in total. The van der Waals surface area contributed by atoms with Gasteiger partial charge in [-0.05, 0) is 35.4 Å². The van der Waals surface area contributed by atoms with E-state index in [1.807, 2.05) is 4.72 Å². The summed E-state index contributed by atoms with van der Waals surface area (Å²) in [6.45, 7) is 0. The number of hydrogen-bond donors (Lipinski definition) is 1. The van der Waals surface area contributed by atoms with E-state index >= 15 is 0 Å². The van der Waals surface area contributed by atoms with Crippen LogP contribution in [0.15, 0.2) is 66.9 Å². The van der Waals surface area contributed by atoms with Crippen LogP contribution in [-0.4, -0.2) is 37.9 Å². The molecule has 0 aliphatic heterocycles. The molecule has 0 aliphatic rings. The van der Waals surface area contributed by atoms with E-state index in [1.165, 1.54) is 30.3 Å². The molecule has 0 saturated heterocycles. The third kappa shape index (κ3) is 7.54. The van der Waals surface area contributed by atoms with Crippen LogP contribution in [0.5, 0.6) is 5.75 Å². The van der Waals surface area contributed by atoms with E-state index in [9.17, 15) is 43.5 Å². The number of sulfonamides is 1. The van der Waals surface area contributed by atoms with Crippen molar-refractivity contribution < 1.29 is 48.3 Å². The lowest BCUT2D eigenvalue weighted by Crippen LogP contribution is -2.51. The zero-order chi connectivity index (χ0) is 28.4. The summed E-state index contributed by atoms with van der Waals surface area (Å²) in [6, 6.07) is 11.4. The number of halogens is 9. The number of ether oxygens (including phenoxy) is 1. The van der Waals surface area contributed by atoms with E-state index in [0.717, 1.165) is 12.3 Å². The molecule has 3 rings (SSSR count). The predicted octanol–water partition coefficient (Wildman–Crippen LogP) is 6.08. The van der Waals surface area contributed by atoms with Crippen LogP contribution in [-0.2, 0) is 22.0 Å². The standard InChI is InChI=1S/C23H17ClF8N2O3S/c24-16-6-7-19(33-12-16)21(11-14-4-2-1-3-5-14,34-38(35,36)13-22(28,29)30)15-8-17(25)10-18(9-15)37-23(31,32)20(26)27/h1-10,12,20,34H,11,13H2. The van der Waals surface area contributed by atoms with Crippen LogP contribution in [0, 0.1) is 5.82 Å². The molecule has 1 atom stereocenters. The molecule has 0 spiro atoms. The van der Waals surface area contributed by atoms with Crippen molar-refractivity contribution in [1.82, 2.24) is 9.71 Å². The summed E-state index contributed by atoms with van der Waals surface area (Å²) in [6.07, 6.45) is -14.1. The van der Waals surface area contributed by atoms with Crippen molar-refractivity contribution in [1.29, 1.82) is 0 Å². The number of rotatable bonds is 10. The van der Waals surface area contributed by atoms with Gasteiger partial charge >= 0.3 is 18.7 Å². The van der Waals surface area contributed by atoms with Gasteiger partial charge in [-0.1, -0.05) is 41.9 Å². The van der Waals surface area contributed by atoms with Crippen LogP contribution >= 0.6 is 11.6 Å². The Morgan fingerprint density at radius 1 is 0.974 bits per heavy atom. The van der Waals surface area contributed by atoms with E-state index in [-0.39, 0.29) is 10.7 Å². The second kappa shape index (κ2) is 11.0. The van der Waals surface area contributed by atoms with Crippen molar-refractivity contribution in [3.05, 3.63) is 94.5 Å². The zero-order valence-corrected chi connectivity index (χ0v) is 20.4. The minimum absolute atomic E-state index is 0.0420. The molecule has 3 aromatic rings. The number of pyridine rings is 1. The Morgan fingerprint density at radius 2 is 1.63 bits per heavy atom. The third-order valence-electron chi connectivity index (χ3n) is 5.03. The topological polar surface area (TPSA) is 68.3 Å². The first kappa shape index (κ1) is 29.6. The lowest BCUT2D eigenvalue weighted by atomic mass is 9.81. The first-order valence-corrected chi connectivity index (χ1v) is 12.4. The maximum atomic E-state index is 14.6. The van der Waals surface area contributed by atoms with Gasteiger partial charge in [0.25, 0.3) is 0 Å². The number of benzene rings is 2. The lowest BCUT2D eigenvalue weighted by molar-refractivity contribution is -0.253. The molecule has 1 heterocycles. The average molecular weight is 589 g/mol. The van der Waals surface area contributed by atoms with Crippen molar-refractivity contribution in [2.45, 2.75) is 30.7 Å². The number of aromatic nitrogens is 1. The van der Waals surface area contributed by atoms with Crippen LogP contribution in [0.25, 0.3) is 0 Å². The molecular weight excluding hydrogens is 572 g/mol. The molecule has 0 amide bonds. The molecule has 1 aromatic heterocycles. The van der Waals surface area contributed by atoms with E-state index < -0.39 is 63.6 Å². The van der Waals surface area contributed by atoms with Crippen LogP contribution in [0.1, 0.15) is 16.8 Å².